The lowest BCUT2D eigenvalue weighted by Gasteiger charge is -2.17. The smallest absolute Gasteiger partial charge is 0.409 e. The SMILES string of the molecule is CC(C)(C)C1CC1n1cncn1.O=C(Cl)Oc1ccc(Cl)cc1Cl. The Hall–Kier alpha value is -1.30. The quantitative estimate of drug-likeness (QED) is 0.625. The number of carbonyl (C=O) groups excluding carboxylic acids is 1. The van der Waals surface area contributed by atoms with Crippen LogP contribution in [0.15, 0.2) is 30.9 Å². The molecule has 2 atom stereocenters. The standard InChI is InChI=1S/C9H15N3.C7H3Cl3O2/c1-9(2,3)7-4-8(7)12-6-10-5-11-12;8-4-1-2-6(5(9)3-4)12-7(10)11/h5-8H,4H2,1-3H3;1-3H. The predicted octanol–water partition coefficient (Wildman–Crippen LogP) is 5.62. The van der Waals surface area contributed by atoms with Crippen LogP contribution in [0.1, 0.15) is 33.2 Å². The van der Waals surface area contributed by atoms with Gasteiger partial charge >= 0.3 is 5.43 Å². The molecule has 0 saturated heterocycles. The number of halogens is 3. The molecular formula is C16H18Cl3N3O2. The summed E-state index contributed by atoms with van der Waals surface area (Å²) in [5.74, 6) is 0.972. The fourth-order valence-corrected chi connectivity index (χ4v) is 2.97. The summed E-state index contributed by atoms with van der Waals surface area (Å²) in [4.78, 5) is 14.3. The first-order chi connectivity index (χ1) is 11.2. The maximum absolute atomic E-state index is 10.3. The summed E-state index contributed by atoms with van der Waals surface area (Å²) in [7, 11) is 0. The molecule has 1 aromatic heterocycles. The molecule has 1 heterocycles. The van der Waals surface area contributed by atoms with Gasteiger partial charge in [-0.3, -0.25) is 0 Å². The highest BCUT2D eigenvalue weighted by Crippen LogP contribution is 2.53. The first-order valence-corrected chi connectivity index (χ1v) is 8.48. The van der Waals surface area contributed by atoms with Crippen LogP contribution in [0.3, 0.4) is 0 Å². The number of carbonyl (C=O) groups is 1. The molecule has 0 bridgehead atoms. The predicted molar refractivity (Wildman–Crippen MR) is 95.0 cm³/mol. The number of rotatable bonds is 2. The lowest BCUT2D eigenvalue weighted by molar-refractivity contribution is 0.225. The maximum atomic E-state index is 10.3. The molecule has 1 saturated carbocycles. The Bertz CT molecular complexity index is 699. The Kier molecular flexibility index (Phi) is 6.12. The fraction of sp³-hybridized carbons (Fsp3) is 0.438. The van der Waals surface area contributed by atoms with Gasteiger partial charge in [-0.2, -0.15) is 5.10 Å². The van der Waals surface area contributed by atoms with E-state index in [1.807, 2.05) is 11.0 Å². The Labute approximate surface area is 155 Å². The van der Waals surface area contributed by atoms with Crippen molar-refractivity contribution in [3.05, 3.63) is 40.9 Å². The highest BCUT2D eigenvalue weighted by atomic mass is 35.5. The lowest BCUT2D eigenvalue weighted by atomic mass is 9.90. The first kappa shape index (κ1) is 19.0. The summed E-state index contributed by atoms with van der Waals surface area (Å²) in [5, 5.41) is 4.86. The molecule has 8 heteroatoms. The molecule has 1 aromatic carbocycles. The Morgan fingerprint density at radius 3 is 2.50 bits per heavy atom. The zero-order chi connectivity index (χ0) is 17.9. The van der Waals surface area contributed by atoms with E-state index in [1.165, 1.54) is 18.6 Å². The second-order valence-electron chi connectivity index (χ2n) is 6.57. The van der Waals surface area contributed by atoms with Gasteiger partial charge in [0.1, 0.15) is 12.7 Å². The number of benzene rings is 1. The molecule has 24 heavy (non-hydrogen) atoms. The van der Waals surface area contributed by atoms with Crippen molar-refractivity contribution in [3.8, 4) is 5.75 Å². The van der Waals surface area contributed by atoms with Gasteiger partial charge < -0.3 is 4.74 Å². The van der Waals surface area contributed by atoms with E-state index in [0.29, 0.717) is 16.5 Å². The molecule has 1 aliphatic rings. The molecule has 1 aliphatic carbocycles. The van der Waals surface area contributed by atoms with Gasteiger partial charge in [0.15, 0.2) is 5.75 Å². The van der Waals surface area contributed by atoms with Gasteiger partial charge in [0, 0.05) is 16.6 Å². The molecule has 5 nitrogen and oxygen atoms in total. The molecule has 0 amide bonds. The molecule has 2 unspecified atom stereocenters. The number of nitrogens with zero attached hydrogens (tertiary/aromatic N) is 3. The van der Waals surface area contributed by atoms with Crippen LogP contribution in [-0.2, 0) is 0 Å². The highest BCUT2D eigenvalue weighted by molar-refractivity contribution is 6.61. The summed E-state index contributed by atoms with van der Waals surface area (Å²) < 4.78 is 6.52. The molecule has 1 fully saturated rings. The van der Waals surface area contributed by atoms with E-state index in [4.69, 9.17) is 34.8 Å². The lowest BCUT2D eigenvalue weighted by Crippen LogP contribution is -2.11. The average molecular weight is 391 g/mol. The third-order valence-electron chi connectivity index (χ3n) is 3.73. The molecule has 0 radical (unpaired) electrons. The van der Waals surface area contributed by atoms with E-state index in [0.717, 1.165) is 5.92 Å². The third kappa shape index (κ3) is 5.36. The summed E-state index contributed by atoms with van der Waals surface area (Å²) in [5.41, 5.74) is -0.518. The monoisotopic (exact) mass is 389 g/mol. The van der Waals surface area contributed by atoms with E-state index in [2.05, 4.69) is 35.6 Å². The van der Waals surface area contributed by atoms with E-state index in [-0.39, 0.29) is 10.8 Å². The zero-order valence-electron chi connectivity index (χ0n) is 13.5. The van der Waals surface area contributed by atoms with Crippen molar-refractivity contribution in [2.75, 3.05) is 0 Å². The van der Waals surface area contributed by atoms with E-state index >= 15 is 0 Å². The molecule has 130 valence electrons. The largest absolute Gasteiger partial charge is 0.413 e. The van der Waals surface area contributed by atoms with Crippen LogP contribution in [0, 0.1) is 11.3 Å². The molecule has 2 aromatic rings. The van der Waals surface area contributed by atoms with Crippen molar-refractivity contribution in [3.63, 3.8) is 0 Å². The Morgan fingerprint density at radius 1 is 1.33 bits per heavy atom. The van der Waals surface area contributed by atoms with Gasteiger partial charge in [0.25, 0.3) is 0 Å². The van der Waals surface area contributed by atoms with Crippen molar-refractivity contribution < 1.29 is 9.53 Å². The van der Waals surface area contributed by atoms with Gasteiger partial charge in [-0.1, -0.05) is 44.0 Å². The van der Waals surface area contributed by atoms with Crippen molar-refractivity contribution >= 4 is 40.2 Å². The van der Waals surface area contributed by atoms with Crippen molar-refractivity contribution in [2.24, 2.45) is 11.3 Å². The zero-order valence-corrected chi connectivity index (χ0v) is 15.8. The van der Waals surface area contributed by atoms with Crippen LogP contribution in [0.2, 0.25) is 10.0 Å². The van der Waals surface area contributed by atoms with Gasteiger partial charge in [-0.05, 0) is 36.0 Å². The number of aromatic nitrogens is 3. The minimum Gasteiger partial charge on any atom is -0.413 e. The van der Waals surface area contributed by atoms with Crippen molar-refractivity contribution in [2.45, 2.75) is 33.2 Å². The molecular weight excluding hydrogens is 373 g/mol. The Balaban J connectivity index is 0.000000174. The van der Waals surface area contributed by atoms with Gasteiger partial charge in [0.05, 0.1) is 11.1 Å². The van der Waals surface area contributed by atoms with Crippen LogP contribution < -0.4 is 4.74 Å². The number of ether oxygens (including phenoxy) is 1. The number of hydrogen-bond acceptors (Lipinski definition) is 4. The normalized spacial score (nSPS) is 19.2. The van der Waals surface area contributed by atoms with E-state index in [1.54, 1.807) is 12.4 Å². The Morgan fingerprint density at radius 2 is 2.04 bits per heavy atom. The van der Waals surface area contributed by atoms with Crippen molar-refractivity contribution in [1.82, 2.24) is 14.8 Å². The van der Waals surface area contributed by atoms with Gasteiger partial charge in [0.2, 0.25) is 0 Å². The molecule has 0 aliphatic heterocycles. The van der Waals surface area contributed by atoms with Crippen LogP contribution in [0.25, 0.3) is 0 Å². The third-order valence-corrected chi connectivity index (χ3v) is 4.34. The minimum atomic E-state index is -0.931. The average Bonchev–Trinajstić information content (AvgIpc) is 3.11. The van der Waals surface area contributed by atoms with Gasteiger partial charge in [-0.15, -0.1) is 0 Å². The van der Waals surface area contributed by atoms with Crippen molar-refractivity contribution in [1.29, 1.82) is 0 Å². The van der Waals surface area contributed by atoms with Crippen LogP contribution >= 0.6 is 34.8 Å². The fourth-order valence-electron chi connectivity index (χ4n) is 2.44. The van der Waals surface area contributed by atoms with Crippen LogP contribution in [0.5, 0.6) is 5.75 Å². The van der Waals surface area contributed by atoms with E-state index in [9.17, 15) is 4.79 Å². The summed E-state index contributed by atoms with van der Waals surface area (Å²) >= 11 is 16.2. The number of hydrogen-bond donors (Lipinski definition) is 0. The van der Waals surface area contributed by atoms with Crippen LogP contribution in [-0.4, -0.2) is 20.2 Å². The second kappa shape index (κ2) is 7.72. The summed E-state index contributed by atoms with van der Waals surface area (Å²) in [6.07, 6.45) is 4.68. The van der Waals surface area contributed by atoms with E-state index < -0.39 is 5.43 Å². The second-order valence-corrected chi connectivity index (χ2v) is 7.72. The maximum Gasteiger partial charge on any atom is 0.409 e. The molecule has 0 N–H and O–H groups in total. The highest BCUT2D eigenvalue weighted by Gasteiger charge is 2.46. The van der Waals surface area contributed by atoms with Crippen LogP contribution in [0.4, 0.5) is 4.79 Å². The molecule has 3 rings (SSSR count). The topological polar surface area (TPSA) is 57.0 Å². The summed E-state index contributed by atoms with van der Waals surface area (Å²) in [6, 6.07) is 5.07. The minimum absolute atomic E-state index is 0.195. The summed E-state index contributed by atoms with van der Waals surface area (Å²) in [6.45, 7) is 6.86. The van der Waals surface area contributed by atoms with Gasteiger partial charge in [-0.25, -0.2) is 14.5 Å². The first-order valence-electron chi connectivity index (χ1n) is 7.35. The molecule has 0 spiro atoms.